The minimum Gasteiger partial charge on any atom is -0.493 e. The van der Waals surface area contributed by atoms with Gasteiger partial charge in [-0.05, 0) is 18.1 Å². The number of fused-ring (bicyclic) bond motifs is 2. The van der Waals surface area contributed by atoms with Gasteiger partial charge in [0.1, 0.15) is 12.3 Å². The molecule has 0 radical (unpaired) electrons. The van der Waals surface area contributed by atoms with Gasteiger partial charge in [0.25, 0.3) is 5.91 Å². The number of ether oxygens (including phenoxy) is 1. The molecule has 2 aliphatic heterocycles. The van der Waals surface area contributed by atoms with E-state index in [2.05, 4.69) is 34.7 Å². The normalized spacial score (nSPS) is 19.2. The van der Waals surface area contributed by atoms with E-state index in [0.717, 1.165) is 22.6 Å². The van der Waals surface area contributed by atoms with Crippen molar-refractivity contribution in [2.45, 2.75) is 25.3 Å². The molecule has 2 aliphatic rings. The van der Waals surface area contributed by atoms with Crippen LogP contribution in [0.15, 0.2) is 53.9 Å². The van der Waals surface area contributed by atoms with E-state index in [4.69, 9.17) is 4.74 Å². The molecule has 0 saturated carbocycles. The van der Waals surface area contributed by atoms with Gasteiger partial charge in [0, 0.05) is 22.9 Å². The van der Waals surface area contributed by atoms with Gasteiger partial charge in [-0.2, -0.15) is 0 Å². The molecule has 2 aromatic carbocycles. The van der Waals surface area contributed by atoms with Gasteiger partial charge in [-0.1, -0.05) is 49.4 Å². The van der Waals surface area contributed by atoms with E-state index in [1.807, 2.05) is 23.6 Å². The fraction of sp³-hybridized carbons (Fsp3) is 0.250. The molecule has 8 nitrogen and oxygen atoms in total. The van der Waals surface area contributed by atoms with Crippen LogP contribution in [-0.2, 0) is 21.5 Å². The minimum atomic E-state index is -1.20. The van der Waals surface area contributed by atoms with E-state index < -0.39 is 29.9 Å². The maximum absolute atomic E-state index is 13.3. The van der Waals surface area contributed by atoms with Gasteiger partial charge in [-0.25, -0.2) is 9.78 Å². The number of benzene rings is 2. The minimum absolute atomic E-state index is 0.296. The van der Waals surface area contributed by atoms with Crippen molar-refractivity contribution in [1.82, 2.24) is 15.2 Å². The Bertz CT molecular complexity index is 1240. The summed E-state index contributed by atoms with van der Waals surface area (Å²) in [6.45, 7) is 2.00. The molecule has 0 aliphatic carbocycles. The van der Waals surface area contributed by atoms with Crippen LogP contribution in [0.3, 0.4) is 0 Å². The van der Waals surface area contributed by atoms with Crippen molar-refractivity contribution in [3.8, 4) is 17.0 Å². The van der Waals surface area contributed by atoms with Crippen LogP contribution in [0.5, 0.6) is 5.75 Å². The lowest BCUT2D eigenvalue weighted by Gasteiger charge is -2.33. The van der Waals surface area contributed by atoms with Crippen molar-refractivity contribution in [2.75, 3.05) is 18.5 Å². The highest BCUT2D eigenvalue weighted by atomic mass is 32.1. The van der Waals surface area contributed by atoms with Crippen LogP contribution in [0.4, 0.5) is 9.93 Å². The third kappa shape index (κ3) is 3.74. The number of carbonyl (C=O) groups is 3. The zero-order valence-electron chi connectivity index (χ0n) is 18.0. The Balaban J connectivity index is 1.29. The van der Waals surface area contributed by atoms with E-state index in [-0.39, 0.29) is 0 Å². The summed E-state index contributed by atoms with van der Waals surface area (Å²) in [6, 6.07) is 14.6. The van der Waals surface area contributed by atoms with Gasteiger partial charge in [0.2, 0.25) is 5.91 Å². The molecule has 1 fully saturated rings. The van der Waals surface area contributed by atoms with Crippen LogP contribution in [0.1, 0.15) is 24.5 Å². The Morgan fingerprint density at radius 2 is 2.00 bits per heavy atom. The van der Waals surface area contributed by atoms with Crippen LogP contribution >= 0.6 is 11.3 Å². The summed E-state index contributed by atoms with van der Waals surface area (Å²) in [7, 11) is 0. The number of nitrogens with one attached hydrogen (secondary N) is 2. The second kappa shape index (κ2) is 8.32. The number of para-hydroxylation sites is 1. The highest BCUT2D eigenvalue weighted by Gasteiger charge is 2.55. The highest BCUT2D eigenvalue weighted by molar-refractivity contribution is 7.14. The first-order valence-corrected chi connectivity index (χ1v) is 11.6. The third-order valence-electron chi connectivity index (χ3n) is 5.97. The summed E-state index contributed by atoms with van der Waals surface area (Å²) in [5.41, 5.74) is 2.35. The molecule has 33 heavy (non-hydrogen) atoms. The Labute approximate surface area is 194 Å². The molecule has 3 heterocycles. The predicted molar refractivity (Wildman–Crippen MR) is 124 cm³/mol. The average Bonchev–Trinajstić information content (AvgIpc) is 3.38. The molecule has 168 valence electrons. The fourth-order valence-electron chi connectivity index (χ4n) is 4.19. The van der Waals surface area contributed by atoms with Gasteiger partial charge in [0.05, 0.1) is 12.3 Å². The predicted octanol–water partition coefficient (Wildman–Crippen LogP) is 3.54. The molecule has 1 saturated heterocycles. The zero-order chi connectivity index (χ0) is 23.0. The standard InChI is InChI=1S/C24H22N4O4S/c1-2-15-7-9-16(10-8-15)18-14-33-22(25-18)26-20(29)13-28-21(30)24(27-23(28)31)11-12-32-19-6-4-3-5-17(19)24/h3-10,14H,2,11-13H2,1H3,(H,27,31)(H,25,26,29)/t24-/m1/s1. The first kappa shape index (κ1) is 21.1. The largest absolute Gasteiger partial charge is 0.493 e. The molecule has 2 N–H and O–H groups in total. The number of nitrogens with zero attached hydrogens (tertiary/aromatic N) is 2. The van der Waals surface area contributed by atoms with Crippen LogP contribution in [0.25, 0.3) is 11.3 Å². The number of rotatable bonds is 5. The van der Waals surface area contributed by atoms with E-state index in [9.17, 15) is 14.4 Å². The smallest absolute Gasteiger partial charge is 0.325 e. The molecule has 9 heteroatoms. The van der Waals surface area contributed by atoms with Gasteiger partial charge in [-0.15, -0.1) is 11.3 Å². The number of thiazole rings is 1. The molecular formula is C24H22N4O4S. The molecule has 1 aromatic heterocycles. The quantitative estimate of drug-likeness (QED) is 0.565. The number of imide groups is 1. The van der Waals surface area contributed by atoms with Crippen molar-refractivity contribution in [3.63, 3.8) is 0 Å². The summed E-state index contributed by atoms with van der Waals surface area (Å²) < 4.78 is 5.63. The topological polar surface area (TPSA) is 101 Å². The van der Waals surface area contributed by atoms with E-state index in [1.54, 1.807) is 18.2 Å². The second-order valence-corrected chi connectivity index (χ2v) is 8.82. The number of aromatic nitrogens is 1. The Kier molecular flexibility index (Phi) is 5.33. The van der Waals surface area contributed by atoms with Crippen LogP contribution in [0.2, 0.25) is 0 Å². The number of hydrogen-bond donors (Lipinski definition) is 2. The van der Waals surface area contributed by atoms with Crippen molar-refractivity contribution in [3.05, 3.63) is 65.0 Å². The van der Waals surface area contributed by atoms with Gasteiger partial charge >= 0.3 is 6.03 Å². The van der Waals surface area contributed by atoms with Crippen molar-refractivity contribution in [1.29, 1.82) is 0 Å². The fourth-order valence-corrected chi connectivity index (χ4v) is 4.93. The summed E-state index contributed by atoms with van der Waals surface area (Å²) in [4.78, 5) is 44.0. The summed E-state index contributed by atoms with van der Waals surface area (Å²) in [6.07, 6.45) is 1.26. The third-order valence-corrected chi connectivity index (χ3v) is 6.73. The van der Waals surface area contributed by atoms with E-state index in [0.29, 0.717) is 29.5 Å². The number of urea groups is 1. The van der Waals surface area contributed by atoms with Crippen molar-refractivity contribution < 1.29 is 19.1 Å². The van der Waals surface area contributed by atoms with Crippen molar-refractivity contribution >= 4 is 34.3 Å². The first-order valence-electron chi connectivity index (χ1n) is 10.7. The molecule has 1 atom stereocenters. The van der Waals surface area contributed by atoms with Crippen LogP contribution < -0.4 is 15.4 Å². The molecular weight excluding hydrogens is 440 g/mol. The number of anilines is 1. The molecule has 0 unspecified atom stereocenters. The maximum atomic E-state index is 13.3. The van der Waals surface area contributed by atoms with Gasteiger partial charge in [0.15, 0.2) is 10.7 Å². The number of aryl methyl sites for hydroxylation is 1. The van der Waals surface area contributed by atoms with E-state index >= 15 is 0 Å². The molecule has 1 spiro atoms. The lowest BCUT2D eigenvalue weighted by atomic mass is 9.84. The molecule has 3 aromatic rings. The zero-order valence-corrected chi connectivity index (χ0v) is 18.8. The number of amides is 4. The number of carbonyl (C=O) groups excluding carboxylic acids is 3. The number of hydrogen-bond acceptors (Lipinski definition) is 6. The summed E-state index contributed by atoms with van der Waals surface area (Å²) >= 11 is 1.29. The van der Waals surface area contributed by atoms with E-state index in [1.165, 1.54) is 16.9 Å². The average molecular weight is 463 g/mol. The monoisotopic (exact) mass is 462 g/mol. The summed E-state index contributed by atoms with van der Waals surface area (Å²) in [5.74, 6) is -0.377. The van der Waals surface area contributed by atoms with Gasteiger partial charge < -0.3 is 15.4 Å². The molecule has 5 rings (SSSR count). The van der Waals surface area contributed by atoms with Crippen molar-refractivity contribution in [2.24, 2.45) is 0 Å². The van der Waals surface area contributed by atoms with Crippen LogP contribution in [0, 0.1) is 0 Å². The Morgan fingerprint density at radius 3 is 2.79 bits per heavy atom. The Morgan fingerprint density at radius 1 is 1.21 bits per heavy atom. The SMILES string of the molecule is CCc1ccc(-c2csc(NC(=O)CN3C(=O)N[C@@]4(CCOc5ccccc54)C3=O)n2)cc1. The lowest BCUT2D eigenvalue weighted by molar-refractivity contribution is -0.135. The maximum Gasteiger partial charge on any atom is 0.325 e. The highest BCUT2D eigenvalue weighted by Crippen LogP contribution is 2.40. The second-order valence-electron chi connectivity index (χ2n) is 7.96. The molecule has 4 amide bonds. The van der Waals surface area contributed by atoms with Gasteiger partial charge in [-0.3, -0.25) is 14.5 Å². The summed E-state index contributed by atoms with van der Waals surface area (Å²) in [5, 5.41) is 7.77. The van der Waals surface area contributed by atoms with Crippen LogP contribution in [-0.4, -0.2) is 40.9 Å². The lowest BCUT2D eigenvalue weighted by Crippen LogP contribution is -2.48. The Hall–Kier alpha value is -3.72. The molecule has 0 bridgehead atoms. The first-order chi connectivity index (χ1) is 16.0.